The Kier molecular flexibility index (Phi) is 3.47. The van der Waals surface area contributed by atoms with E-state index in [4.69, 9.17) is 16.6 Å². The molecule has 1 aliphatic carbocycles. The molecule has 0 bridgehead atoms. The second-order valence-corrected chi connectivity index (χ2v) is 7.11. The van der Waals surface area contributed by atoms with Crippen molar-refractivity contribution >= 4 is 22.5 Å². The molecule has 2 nitrogen and oxygen atoms in total. The number of para-hydroxylation sites is 1. The van der Waals surface area contributed by atoms with Crippen molar-refractivity contribution in [3.63, 3.8) is 0 Å². The zero-order valence-corrected chi connectivity index (χ0v) is 13.1. The molecule has 0 unspecified atom stereocenters. The number of nitrogens with zero attached hydrogens (tertiary/aromatic N) is 1. The van der Waals surface area contributed by atoms with Gasteiger partial charge in [0.05, 0.1) is 10.5 Å². The van der Waals surface area contributed by atoms with E-state index in [-0.39, 0.29) is 5.41 Å². The highest BCUT2D eigenvalue weighted by molar-refractivity contribution is 6.35. The van der Waals surface area contributed by atoms with E-state index in [1.54, 1.807) is 0 Å². The quantitative estimate of drug-likeness (QED) is 0.903. The number of hydrogen-bond acceptors (Lipinski definition) is 2. The topological polar surface area (TPSA) is 24.9 Å². The van der Waals surface area contributed by atoms with Gasteiger partial charge in [0.2, 0.25) is 0 Å². The summed E-state index contributed by atoms with van der Waals surface area (Å²) in [6.45, 7) is 7.47. The van der Waals surface area contributed by atoms with Gasteiger partial charge in [-0.1, -0.05) is 44.5 Å². The minimum Gasteiger partial charge on any atom is -0.310 e. The van der Waals surface area contributed by atoms with E-state index in [2.05, 4.69) is 38.2 Å². The maximum Gasteiger partial charge on any atom is 0.0894 e. The van der Waals surface area contributed by atoms with Crippen LogP contribution in [0.2, 0.25) is 5.02 Å². The summed E-state index contributed by atoms with van der Waals surface area (Å²) in [6, 6.07) is 8.97. The number of benzene rings is 1. The van der Waals surface area contributed by atoms with Crippen molar-refractivity contribution in [3.8, 4) is 0 Å². The highest BCUT2D eigenvalue weighted by Crippen LogP contribution is 2.30. The number of rotatable bonds is 3. The van der Waals surface area contributed by atoms with E-state index in [0.29, 0.717) is 6.04 Å². The normalized spacial score (nSPS) is 15.8. The number of hydrogen-bond donors (Lipinski definition) is 1. The van der Waals surface area contributed by atoms with Crippen LogP contribution in [0.15, 0.2) is 24.3 Å². The van der Waals surface area contributed by atoms with Crippen LogP contribution in [-0.2, 0) is 12.0 Å². The Labute approximate surface area is 125 Å². The van der Waals surface area contributed by atoms with Crippen molar-refractivity contribution in [3.05, 3.63) is 40.5 Å². The summed E-state index contributed by atoms with van der Waals surface area (Å²) in [5, 5.41) is 5.49. The maximum absolute atomic E-state index is 6.34. The monoisotopic (exact) mass is 288 g/mol. The Bertz CT molecular complexity index is 639. The molecular weight excluding hydrogens is 268 g/mol. The molecular formula is C17H21ClN2. The van der Waals surface area contributed by atoms with Crippen molar-refractivity contribution in [1.29, 1.82) is 0 Å². The fourth-order valence-corrected chi connectivity index (χ4v) is 2.57. The smallest absolute Gasteiger partial charge is 0.0894 e. The SMILES string of the molecule is CC(C)(C)c1cc(CNC2CC2)c2cccc(Cl)c2n1. The third kappa shape index (κ3) is 2.82. The number of fused-ring (bicyclic) bond motifs is 1. The van der Waals surface area contributed by atoms with Gasteiger partial charge in [-0.05, 0) is 30.5 Å². The van der Waals surface area contributed by atoms with Crippen LogP contribution in [0.1, 0.15) is 44.9 Å². The molecule has 0 amide bonds. The lowest BCUT2D eigenvalue weighted by atomic mass is 9.90. The number of halogens is 1. The van der Waals surface area contributed by atoms with Gasteiger partial charge >= 0.3 is 0 Å². The van der Waals surface area contributed by atoms with Gasteiger partial charge in [-0.25, -0.2) is 0 Å². The first kappa shape index (κ1) is 13.8. The molecule has 0 radical (unpaired) electrons. The Balaban J connectivity index is 2.10. The standard InChI is InChI=1S/C17H21ClN2/c1-17(2,3)15-9-11(10-19-12-7-8-12)13-5-4-6-14(18)16(13)20-15/h4-6,9,12,19H,7-8,10H2,1-3H3. The first-order valence-electron chi connectivity index (χ1n) is 7.27. The Hall–Kier alpha value is -1.12. The molecule has 0 aliphatic heterocycles. The molecule has 1 aromatic carbocycles. The van der Waals surface area contributed by atoms with E-state index >= 15 is 0 Å². The average molecular weight is 289 g/mol. The summed E-state index contributed by atoms with van der Waals surface area (Å²) in [4.78, 5) is 4.79. The van der Waals surface area contributed by atoms with Crippen LogP contribution in [-0.4, -0.2) is 11.0 Å². The Morgan fingerprint density at radius 2 is 2.05 bits per heavy atom. The first-order chi connectivity index (χ1) is 9.45. The van der Waals surface area contributed by atoms with Gasteiger partial charge in [-0.3, -0.25) is 4.98 Å². The third-order valence-electron chi connectivity index (χ3n) is 3.80. The number of aromatic nitrogens is 1. The predicted molar refractivity (Wildman–Crippen MR) is 85.3 cm³/mol. The first-order valence-corrected chi connectivity index (χ1v) is 7.65. The van der Waals surface area contributed by atoms with E-state index in [0.717, 1.165) is 22.8 Å². The molecule has 0 saturated heterocycles. The third-order valence-corrected chi connectivity index (χ3v) is 4.11. The molecule has 3 rings (SSSR count). The van der Waals surface area contributed by atoms with Gasteiger partial charge in [-0.15, -0.1) is 0 Å². The summed E-state index contributed by atoms with van der Waals surface area (Å²) in [7, 11) is 0. The fraction of sp³-hybridized carbons (Fsp3) is 0.471. The van der Waals surface area contributed by atoms with Gasteiger partial charge in [0.1, 0.15) is 0 Å². The van der Waals surface area contributed by atoms with Gasteiger partial charge in [-0.2, -0.15) is 0 Å². The summed E-state index contributed by atoms with van der Waals surface area (Å²) >= 11 is 6.34. The van der Waals surface area contributed by atoms with Gasteiger partial charge in [0.15, 0.2) is 0 Å². The van der Waals surface area contributed by atoms with Gasteiger partial charge < -0.3 is 5.32 Å². The molecule has 1 aromatic heterocycles. The average Bonchev–Trinajstić information content (AvgIpc) is 3.19. The Morgan fingerprint density at radius 1 is 1.30 bits per heavy atom. The van der Waals surface area contributed by atoms with E-state index < -0.39 is 0 Å². The lowest BCUT2D eigenvalue weighted by molar-refractivity contribution is 0.569. The van der Waals surface area contributed by atoms with Crippen LogP contribution in [0.3, 0.4) is 0 Å². The largest absolute Gasteiger partial charge is 0.310 e. The van der Waals surface area contributed by atoms with E-state index in [9.17, 15) is 0 Å². The van der Waals surface area contributed by atoms with Crippen LogP contribution >= 0.6 is 11.6 Å². The summed E-state index contributed by atoms with van der Waals surface area (Å²) in [6.07, 6.45) is 2.60. The van der Waals surface area contributed by atoms with Crippen molar-refractivity contribution in [1.82, 2.24) is 10.3 Å². The minimum atomic E-state index is 0.0295. The zero-order valence-electron chi connectivity index (χ0n) is 12.3. The Morgan fingerprint density at radius 3 is 2.70 bits per heavy atom. The zero-order chi connectivity index (χ0) is 14.3. The number of nitrogens with one attached hydrogen (secondary N) is 1. The van der Waals surface area contributed by atoms with Crippen molar-refractivity contribution in [2.75, 3.05) is 0 Å². The summed E-state index contributed by atoms with van der Waals surface area (Å²) in [5.41, 5.74) is 3.36. The van der Waals surface area contributed by atoms with Crippen molar-refractivity contribution < 1.29 is 0 Å². The molecule has 3 heteroatoms. The summed E-state index contributed by atoms with van der Waals surface area (Å²) < 4.78 is 0. The van der Waals surface area contributed by atoms with Crippen LogP contribution < -0.4 is 5.32 Å². The molecule has 1 heterocycles. The van der Waals surface area contributed by atoms with E-state index in [1.165, 1.54) is 23.8 Å². The predicted octanol–water partition coefficient (Wildman–Crippen LogP) is 4.44. The lowest BCUT2D eigenvalue weighted by Crippen LogP contribution is -2.18. The second-order valence-electron chi connectivity index (χ2n) is 6.71. The van der Waals surface area contributed by atoms with Crippen LogP contribution in [0, 0.1) is 0 Å². The molecule has 1 saturated carbocycles. The van der Waals surface area contributed by atoms with Crippen molar-refractivity contribution in [2.24, 2.45) is 0 Å². The molecule has 2 aromatic rings. The molecule has 0 atom stereocenters. The fourth-order valence-electron chi connectivity index (χ4n) is 2.36. The molecule has 1 N–H and O–H groups in total. The maximum atomic E-state index is 6.34. The van der Waals surface area contributed by atoms with Crippen molar-refractivity contribution in [2.45, 2.75) is 51.6 Å². The van der Waals surface area contributed by atoms with Crippen LogP contribution in [0.5, 0.6) is 0 Å². The molecule has 106 valence electrons. The van der Waals surface area contributed by atoms with E-state index in [1.807, 2.05) is 12.1 Å². The second kappa shape index (κ2) is 5.01. The highest BCUT2D eigenvalue weighted by Gasteiger charge is 2.22. The summed E-state index contributed by atoms with van der Waals surface area (Å²) in [5.74, 6) is 0. The van der Waals surface area contributed by atoms with Crippen LogP contribution in [0.25, 0.3) is 10.9 Å². The molecule has 0 spiro atoms. The van der Waals surface area contributed by atoms with Gasteiger partial charge in [0.25, 0.3) is 0 Å². The molecule has 1 fully saturated rings. The molecule has 20 heavy (non-hydrogen) atoms. The van der Waals surface area contributed by atoms with Gasteiger partial charge in [0, 0.05) is 29.1 Å². The lowest BCUT2D eigenvalue weighted by Gasteiger charge is -2.20. The highest BCUT2D eigenvalue weighted by atomic mass is 35.5. The molecule has 1 aliphatic rings. The minimum absolute atomic E-state index is 0.0295. The van der Waals surface area contributed by atoms with Crippen LogP contribution in [0.4, 0.5) is 0 Å². The number of pyridine rings is 1.